The van der Waals surface area contributed by atoms with Gasteiger partial charge in [-0.15, -0.1) is 0 Å². The van der Waals surface area contributed by atoms with Gasteiger partial charge in [0, 0.05) is 0 Å². The second-order valence-electron chi connectivity index (χ2n) is 5.74. The molecule has 0 aromatic heterocycles. The summed E-state index contributed by atoms with van der Waals surface area (Å²) in [5.41, 5.74) is 3.64. The molecule has 2 heteroatoms. The summed E-state index contributed by atoms with van der Waals surface area (Å²) in [4.78, 5) is 0. The second kappa shape index (κ2) is 4.86. The molecule has 100 valence electrons. The molecule has 0 heterocycles. The van der Waals surface area contributed by atoms with Crippen LogP contribution in [0.3, 0.4) is 0 Å². The van der Waals surface area contributed by atoms with Crippen LogP contribution in [0.1, 0.15) is 35.6 Å². The standard InChI is InChI=1S/C17H20O2/c1-11-2-8-16-13(10-11)5-9-15(17(16)19)12-3-6-14(18)7-4-12/h2-3,6-8,10,12,15,17-19H,4-5,9H2,1H3/t12?,15-,17+/m0/s1. The Bertz CT molecular complexity index is 542. The molecule has 0 amide bonds. The number of hydrogen-bond acceptors (Lipinski definition) is 2. The van der Waals surface area contributed by atoms with Gasteiger partial charge in [-0.2, -0.15) is 0 Å². The Balaban J connectivity index is 1.84. The van der Waals surface area contributed by atoms with Gasteiger partial charge in [0.05, 0.1) is 6.10 Å². The van der Waals surface area contributed by atoms with Crippen molar-refractivity contribution >= 4 is 0 Å². The molecule has 19 heavy (non-hydrogen) atoms. The van der Waals surface area contributed by atoms with E-state index in [1.165, 1.54) is 11.1 Å². The quantitative estimate of drug-likeness (QED) is 0.806. The van der Waals surface area contributed by atoms with Crippen LogP contribution >= 0.6 is 0 Å². The summed E-state index contributed by atoms with van der Waals surface area (Å²) < 4.78 is 0. The van der Waals surface area contributed by atoms with Gasteiger partial charge in [0.1, 0.15) is 5.76 Å². The van der Waals surface area contributed by atoms with Crippen molar-refractivity contribution in [1.29, 1.82) is 0 Å². The third-order valence-corrected chi connectivity index (χ3v) is 4.43. The molecule has 1 unspecified atom stereocenters. The number of aliphatic hydroxyl groups is 2. The number of allylic oxidation sites excluding steroid dienone is 3. The molecule has 0 fully saturated rings. The van der Waals surface area contributed by atoms with Gasteiger partial charge in [0.25, 0.3) is 0 Å². The molecular formula is C17H20O2. The Labute approximate surface area is 114 Å². The van der Waals surface area contributed by atoms with Gasteiger partial charge in [-0.25, -0.2) is 0 Å². The second-order valence-corrected chi connectivity index (χ2v) is 5.74. The molecule has 0 radical (unpaired) electrons. The van der Waals surface area contributed by atoms with E-state index in [0.717, 1.165) is 24.8 Å². The van der Waals surface area contributed by atoms with Gasteiger partial charge in [-0.05, 0) is 61.3 Å². The zero-order valence-electron chi connectivity index (χ0n) is 11.2. The van der Waals surface area contributed by atoms with Crippen LogP contribution in [0.2, 0.25) is 0 Å². The summed E-state index contributed by atoms with van der Waals surface area (Å²) in [6, 6.07) is 6.34. The lowest BCUT2D eigenvalue weighted by Gasteiger charge is -2.35. The fourth-order valence-corrected chi connectivity index (χ4v) is 3.34. The SMILES string of the molecule is Cc1ccc2c(c1)CC[C@@H](C1C=CC(O)=CC1)[C@H]2O. The lowest BCUT2D eigenvalue weighted by Crippen LogP contribution is -2.27. The molecule has 2 N–H and O–H groups in total. The van der Waals surface area contributed by atoms with Crippen LogP contribution in [-0.4, -0.2) is 10.2 Å². The predicted molar refractivity (Wildman–Crippen MR) is 75.9 cm³/mol. The molecule has 0 saturated carbocycles. The Morgan fingerprint density at radius 2 is 2.11 bits per heavy atom. The predicted octanol–water partition coefficient (Wildman–Crippen LogP) is 3.61. The molecule has 3 atom stereocenters. The van der Waals surface area contributed by atoms with Crippen LogP contribution in [0.4, 0.5) is 0 Å². The zero-order valence-corrected chi connectivity index (χ0v) is 11.2. The number of aliphatic hydroxyl groups excluding tert-OH is 2. The van der Waals surface area contributed by atoms with Crippen LogP contribution in [-0.2, 0) is 6.42 Å². The monoisotopic (exact) mass is 256 g/mol. The van der Waals surface area contributed by atoms with Crippen LogP contribution in [0.15, 0.2) is 42.2 Å². The summed E-state index contributed by atoms with van der Waals surface area (Å²) in [7, 11) is 0. The first-order valence-corrected chi connectivity index (χ1v) is 7.00. The number of rotatable bonds is 1. The van der Waals surface area contributed by atoms with Crippen molar-refractivity contribution in [2.24, 2.45) is 11.8 Å². The lowest BCUT2D eigenvalue weighted by molar-refractivity contribution is 0.0694. The minimum Gasteiger partial charge on any atom is -0.508 e. The van der Waals surface area contributed by atoms with E-state index < -0.39 is 0 Å². The highest BCUT2D eigenvalue weighted by Gasteiger charge is 2.32. The first-order valence-electron chi connectivity index (χ1n) is 7.00. The number of benzene rings is 1. The van der Waals surface area contributed by atoms with E-state index in [2.05, 4.69) is 25.1 Å². The fourth-order valence-electron chi connectivity index (χ4n) is 3.34. The van der Waals surface area contributed by atoms with Crippen molar-refractivity contribution in [3.05, 3.63) is 58.9 Å². The zero-order chi connectivity index (χ0) is 13.4. The molecule has 1 aromatic carbocycles. The van der Waals surface area contributed by atoms with Gasteiger partial charge < -0.3 is 10.2 Å². The van der Waals surface area contributed by atoms with Crippen molar-refractivity contribution < 1.29 is 10.2 Å². The Morgan fingerprint density at radius 1 is 1.26 bits per heavy atom. The normalized spacial score (nSPS) is 29.8. The summed E-state index contributed by atoms with van der Waals surface area (Å²) >= 11 is 0. The number of hydrogen-bond donors (Lipinski definition) is 2. The molecule has 0 spiro atoms. The molecule has 2 aliphatic carbocycles. The third-order valence-electron chi connectivity index (χ3n) is 4.43. The van der Waals surface area contributed by atoms with E-state index in [-0.39, 0.29) is 12.0 Å². The number of aryl methyl sites for hydroxylation is 2. The van der Waals surface area contributed by atoms with E-state index in [1.54, 1.807) is 6.08 Å². The highest BCUT2D eigenvalue weighted by molar-refractivity contribution is 5.36. The van der Waals surface area contributed by atoms with Crippen molar-refractivity contribution in [2.75, 3.05) is 0 Å². The van der Waals surface area contributed by atoms with Gasteiger partial charge >= 0.3 is 0 Å². The summed E-state index contributed by atoms with van der Waals surface area (Å²) in [6.07, 6.45) is 8.15. The Morgan fingerprint density at radius 3 is 2.84 bits per heavy atom. The van der Waals surface area contributed by atoms with Gasteiger partial charge in [-0.3, -0.25) is 0 Å². The first-order chi connectivity index (χ1) is 9.15. The first kappa shape index (κ1) is 12.5. The van der Waals surface area contributed by atoms with Gasteiger partial charge in [0.15, 0.2) is 0 Å². The summed E-state index contributed by atoms with van der Waals surface area (Å²) in [6.45, 7) is 2.09. The summed E-state index contributed by atoms with van der Waals surface area (Å²) in [5.74, 6) is 0.939. The average Bonchev–Trinajstić information content (AvgIpc) is 2.40. The summed E-state index contributed by atoms with van der Waals surface area (Å²) in [5, 5.41) is 20.0. The highest BCUT2D eigenvalue weighted by atomic mass is 16.3. The van der Waals surface area contributed by atoms with E-state index >= 15 is 0 Å². The van der Waals surface area contributed by atoms with E-state index in [0.29, 0.717) is 11.7 Å². The van der Waals surface area contributed by atoms with Crippen LogP contribution in [0.25, 0.3) is 0 Å². The smallest absolute Gasteiger partial charge is 0.111 e. The minimum absolute atomic E-state index is 0.260. The Kier molecular flexibility index (Phi) is 3.19. The molecule has 2 nitrogen and oxygen atoms in total. The molecule has 2 aliphatic rings. The van der Waals surface area contributed by atoms with Crippen molar-refractivity contribution in [2.45, 2.75) is 32.3 Å². The fraction of sp³-hybridized carbons (Fsp3) is 0.412. The molecular weight excluding hydrogens is 236 g/mol. The Hall–Kier alpha value is -1.54. The average molecular weight is 256 g/mol. The lowest BCUT2D eigenvalue weighted by atomic mass is 9.73. The molecule has 0 aliphatic heterocycles. The van der Waals surface area contributed by atoms with E-state index in [4.69, 9.17) is 0 Å². The maximum atomic E-state index is 10.6. The third kappa shape index (κ3) is 2.33. The van der Waals surface area contributed by atoms with E-state index in [9.17, 15) is 10.2 Å². The van der Waals surface area contributed by atoms with E-state index in [1.807, 2.05) is 12.2 Å². The minimum atomic E-state index is -0.382. The van der Waals surface area contributed by atoms with Crippen molar-refractivity contribution in [3.8, 4) is 0 Å². The van der Waals surface area contributed by atoms with Crippen molar-refractivity contribution in [3.63, 3.8) is 0 Å². The largest absolute Gasteiger partial charge is 0.508 e. The van der Waals surface area contributed by atoms with Crippen molar-refractivity contribution in [1.82, 2.24) is 0 Å². The molecule has 3 rings (SSSR count). The van der Waals surface area contributed by atoms with Crippen LogP contribution in [0, 0.1) is 18.8 Å². The van der Waals surface area contributed by atoms with Gasteiger partial charge in [-0.1, -0.05) is 29.8 Å². The molecule has 0 saturated heterocycles. The number of fused-ring (bicyclic) bond motifs is 1. The van der Waals surface area contributed by atoms with Crippen LogP contribution in [0.5, 0.6) is 0 Å². The molecule has 0 bridgehead atoms. The highest BCUT2D eigenvalue weighted by Crippen LogP contribution is 2.41. The van der Waals surface area contributed by atoms with Gasteiger partial charge in [0.2, 0.25) is 0 Å². The topological polar surface area (TPSA) is 40.5 Å². The van der Waals surface area contributed by atoms with Crippen LogP contribution < -0.4 is 0 Å². The maximum absolute atomic E-state index is 10.6. The maximum Gasteiger partial charge on any atom is 0.111 e. The molecule has 1 aromatic rings.